The molecular weight excluding hydrogens is 354 g/mol. The molecule has 8 heteroatoms. The van der Waals surface area contributed by atoms with Crippen LogP contribution in [0.1, 0.15) is 12.0 Å². The summed E-state index contributed by atoms with van der Waals surface area (Å²) < 4.78 is 29.0. The van der Waals surface area contributed by atoms with Crippen LogP contribution in [0.5, 0.6) is 5.75 Å². The lowest BCUT2D eigenvalue weighted by molar-refractivity contribution is -0.123. The number of ether oxygens (including phenoxy) is 1. The molecule has 0 radical (unpaired) electrons. The minimum Gasteiger partial charge on any atom is -0.496 e. The highest BCUT2D eigenvalue weighted by Crippen LogP contribution is 2.37. The van der Waals surface area contributed by atoms with Crippen LogP contribution in [-0.4, -0.2) is 48.2 Å². The quantitative estimate of drug-likeness (QED) is 0.600. The Morgan fingerprint density at radius 1 is 1.39 bits per heavy atom. The average Bonchev–Trinajstić information content (AvgIpc) is 2.99. The standard InChI is InChI=1S/C15H15NO4S3/c1-20-12-5-3-2-4-10(12)8-13-14(17)16(15(21)22-13)11-6-7-23(18,19)9-11/h2-5,8,11H,6-7,9H2,1H3/b13-8+/t11-/m0/s1. The van der Waals surface area contributed by atoms with E-state index in [4.69, 9.17) is 17.0 Å². The van der Waals surface area contributed by atoms with Crippen LogP contribution in [0.2, 0.25) is 0 Å². The summed E-state index contributed by atoms with van der Waals surface area (Å²) in [4.78, 5) is 14.6. The Kier molecular flexibility index (Phi) is 4.48. The molecule has 23 heavy (non-hydrogen) atoms. The normalized spacial score (nSPS) is 25.3. The molecule has 3 rings (SSSR count). The molecule has 1 atom stereocenters. The van der Waals surface area contributed by atoms with Crippen molar-refractivity contribution in [2.45, 2.75) is 12.5 Å². The van der Waals surface area contributed by atoms with E-state index in [1.807, 2.05) is 24.3 Å². The fourth-order valence-electron chi connectivity index (χ4n) is 2.70. The van der Waals surface area contributed by atoms with Crippen LogP contribution in [0.4, 0.5) is 0 Å². The predicted octanol–water partition coefficient (Wildman–Crippen LogP) is 2.08. The number of hydrogen-bond donors (Lipinski definition) is 0. The molecule has 0 unspecified atom stereocenters. The lowest BCUT2D eigenvalue weighted by atomic mass is 10.1. The Morgan fingerprint density at radius 2 is 2.13 bits per heavy atom. The second-order valence-electron chi connectivity index (χ2n) is 5.35. The number of carbonyl (C=O) groups is 1. The smallest absolute Gasteiger partial charge is 0.266 e. The monoisotopic (exact) mass is 369 g/mol. The molecule has 1 aromatic rings. The van der Waals surface area contributed by atoms with Gasteiger partial charge in [-0.1, -0.05) is 42.2 Å². The molecule has 0 saturated carbocycles. The Hall–Kier alpha value is -1.38. The second-order valence-corrected chi connectivity index (χ2v) is 9.26. The van der Waals surface area contributed by atoms with Crippen molar-refractivity contribution in [1.82, 2.24) is 4.90 Å². The Balaban J connectivity index is 1.88. The highest BCUT2D eigenvalue weighted by atomic mass is 32.2. The molecule has 0 aromatic heterocycles. The first-order valence-corrected chi connectivity index (χ1v) is 10.1. The van der Waals surface area contributed by atoms with E-state index in [0.29, 0.717) is 21.4 Å². The number of benzene rings is 1. The number of amides is 1. The van der Waals surface area contributed by atoms with Gasteiger partial charge in [0, 0.05) is 5.56 Å². The van der Waals surface area contributed by atoms with Gasteiger partial charge in [0.05, 0.1) is 29.6 Å². The third-order valence-corrected chi connectivity index (χ3v) is 6.90. The summed E-state index contributed by atoms with van der Waals surface area (Å²) in [5, 5.41) is 0. The zero-order chi connectivity index (χ0) is 16.6. The molecule has 0 spiro atoms. The van der Waals surface area contributed by atoms with Crippen molar-refractivity contribution in [1.29, 1.82) is 0 Å². The number of para-hydroxylation sites is 1. The number of carbonyl (C=O) groups excluding carboxylic acids is 1. The van der Waals surface area contributed by atoms with Crippen LogP contribution >= 0.6 is 24.0 Å². The highest BCUT2D eigenvalue weighted by Gasteiger charge is 2.42. The van der Waals surface area contributed by atoms with Gasteiger partial charge in [0.25, 0.3) is 5.91 Å². The maximum absolute atomic E-state index is 12.6. The van der Waals surface area contributed by atoms with E-state index in [9.17, 15) is 13.2 Å². The summed E-state index contributed by atoms with van der Waals surface area (Å²) in [6.07, 6.45) is 2.18. The molecule has 5 nitrogen and oxygen atoms in total. The third kappa shape index (κ3) is 3.29. The van der Waals surface area contributed by atoms with Gasteiger partial charge < -0.3 is 4.74 Å². The number of sulfone groups is 1. The summed E-state index contributed by atoms with van der Waals surface area (Å²) in [6.45, 7) is 0. The first kappa shape index (κ1) is 16.5. The zero-order valence-corrected chi connectivity index (χ0v) is 14.8. The lowest BCUT2D eigenvalue weighted by Crippen LogP contribution is -2.39. The number of rotatable bonds is 3. The number of methoxy groups -OCH3 is 1. The van der Waals surface area contributed by atoms with Gasteiger partial charge in [-0.25, -0.2) is 8.42 Å². The van der Waals surface area contributed by atoms with Crippen molar-refractivity contribution >= 4 is 50.1 Å². The van der Waals surface area contributed by atoms with E-state index in [-0.39, 0.29) is 23.5 Å². The van der Waals surface area contributed by atoms with Gasteiger partial charge in [0.15, 0.2) is 9.84 Å². The van der Waals surface area contributed by atoms with E-state index < -0.39 is 9.84 Å². The van der Waals surface area contributed by atoms with Crippen molar-refractivity contribution in [2.24, 2.45) is 0 Å². The molecule has 1 aromatic carbocycles. The van der Waals surface area contributed by atoms with E-state index >= 15 is 0 Å². The number of thioether (sulfide) groups is 1. The Bertz CT molecular complexity index is 801. The topological polar surface area (TPSA) is 63.7 Å². The molecule has 0 aliphatic carbocycles. The molecule has 2 aliphatic heterocycles. The summed E-state index contributed by atoms with van der Waals surface area (Å²) in [7, 11) is -1.50. The first-order valence-electron chi connectivity index (χ1n) is 7.02. The van der Waals surface area contributed by atoms with E-state index in [2.05, 4.69) is 0 Å². The maximum atomic E-state index is 12.6. The lowest BCUT2D eigenvalue weighted by Gasteiger charge is -2.20. The van der Waals surface area contributed by atoms with Crippen molar-refractivity contribution in [3.05, 3.63) is 34.7 Å². The molecule has 2 heterocycles. The maximum Gasteiger partial charge on any atom is 0.266 e. The Morgan fingerprint density at radius 3 is 2.78 bits per heavy atom. The van der Waals surface area contributed by atoms with Gasteiger partial charge in [0.2, 0.25) is 0 Å². The summed E-state index contributed by atoms with van der Waals surface area (Å²) in [6, 6.07) is 7.03. The van der Waals surface area contributed by atoms with Crippen LogP contribution in [-0.2, 0) is 14.6 Å². The molecule has 2 saturated heterocycles. The van der Waals surface area contributed by atoms with Gasteiger partial charge in [-0.3, -0.25) is 9.69 Å². The van der Waals surface area contributed by atoms with Crippen LogP contribution in [0.15, 0.2) is 29.2 Å². The number of thiocarbonyl (C=S) groups is 1. The van der Waals surface area contributed by atoms with E-state index in [1.54, 1.807) is 13.2 Å². The van der Waals surface area contributed by atoms with Gasteiger partial charge in [-0.15, -0.1) is 0 Å². The fourth-order valence-corrected chi connectivity index (χ4v) is 5.79. The van der Waals surface area contributed by atoms with Crippen molar-refractivity contribution in [3.8, 4) is 5.75 Å². The van der Waals surface area contributed by atoms with Gasteiger partial charge >= 0.3 is 0 Å². The molecule has 0 N–H and O–H groups in total. The molecule has 2 fully saturated rings. The molecule has 2 aliphatic rings. The van der Waals surface area contributed by atoms with Crippen LogP contribution in [0.25, 0.3) is 6.08 Å². The van der Waals surface area contributed by atoms with Crippen LogP contribution in [0.3, 0.4) is 0 Å². The minimum absolute atomic E-state index is 0.0125. The van der Waals surface area contributed by atoms with Gasteiger partial charge in [0.1, 0.15) is 10.1 Å². The second kappa shape index (κ2) is 6.26. The SMILES string of the molecule is COc1ccccc1/C=C1/SC(=S)N([C@H]2CCS(=O)(=O)C2)C1=O. The summed E-state index contributed by atoms with van der Waals surface area (Å²) >= 11 is 6.49. The average molecular weight is 369 g/mol. The predicted molar refractivity (Wildman–Crippen MR) is 95.1 cm³/mol. The molecular formula is C15H15NO4S3. The van der Waals surface area contributed by atoms with Crippen molar-refractivity contribution < 1.29 is 17.9 Å². The summed E-state index contributed by atoms with van der Waals surface area (Å²) in [5.74, 6) is 0.538. The third-order valence-electron chi connectivity index (χ3n) is 3.82. The zero-order valence-electron chi connectivity index (χ0n) is 12.4. The van der Waals surface area contributed by atoms with E-state index in [1.165, 1.54) is 16.7 Å². The fraction of sp³-hybridized carbons (Fsp3) is 0.333. The minimum atomic E-state index is -3.07. The van der Waals surface area contributed by atoms with Crippen molar-refractivity contribution in [2.75, 3.05) is 18.6 Å². The van der Waals surface area contributed by atoms with Crippen LogP contribution in [0, 0.1) is 0 Å². The Labute approximate surface area is 144 Å². The van der Waals surface area contributed by atoms with E-state index in [0.717, 1.165) is 5.56 Å². The number of hydrogen-bond acceptors (Lipinski definition) is 6. The van der Waals surface area contributed by atoms with Gasteiger partial charge in [-0.2, -0.15) is 0 Å². The molecule has 122 valence electrons. The molecule has 1 amide bonds. The summed E-state index contributed by atoms with van der Waals surface area (Å²) in [5.41, 5.74) is 0.787. The van der Waals surface area contributed by atoms with Crippen molar-refractivity contribution in [3.63, 3.8) is 0 Å². The number of nitrogens with zero attached hydrogens (tertiary/aromatic N) is 1. The van der Waals surface area contributed by atoms with Gasteiger partial charge in [-0.05, 0) is 18.6 Å². The van der Waals surface area contributed by atoms with Crippen LogP contribution < -0.4 is 4.74 Å². The first-order chi connectivity index (χ1) is 10.9. The molecule has 0 bridgehead atoms. The highest BCUT2D eigenvalue weighted by molar-refractivity contribution is 8.26. The largest absolute Gasteiger partial charge is 0.496 e.